The topological polar surface area (TPSA) is 63.8 Å². The van der Waals surface area contributed by atoms with E-state index in [0.29, 0.717) is 17.1 Å². The maximum absolute atomic E-state index is 11.7. The SMILES string of the molecule is CCCc1nc2scc(-c3ccc(OC)c(C)c3)n2c1C(=O)O. The predicted molar refractivity (Wildman–Crippen MR) is 90.7 cm³/mol. The van der Waals surface area contributed by atoms with Gasteiger partial charge in [0.2, 0.25) is 0 Å². The minimum Gasteiger partial charge on any atom is -0.496 e. The second kappa shape index (κ2) is 6.04. The van der Waals surface area contributed by atoms with Crippen LogP contribution in [0.15, 0.2) is 23.6 Å². The van der Waals surface area contributed by atoms with E-state index in [-0.39, 0.29) is 5.69 Å². The van der Waals surface area contributed by atoms with Crippen LogP contribution in [0, 0.1) is 6.92 Å². The van der Waals surface area contributed by atoms with Gasteiger partial charge in [-0.25, -0.2) is 9.78 Å². The number of carboxylic acids is 1. The molecule has 120 valence electrons. The van der Waals surface area contributed by atoms with Gasteiger partial charge in [0, 0.05) is 5.38 Å². The van der Waals surface area contributed by atoms with Crippen LogP contribution in [0.3, 0.4) is 0 Å². The fraction of sp³-hybridized carbons (Fsp3) is 0.294. The van der Waals surface area contributed by atoms with Crippen LogP contribution in [0.2, 0.25) is 0 Å². The minimum absolute atomic E-state index is 0.270. The van der Waals surface area contributed by atoms with E-state index in [2.05, 4.69) is 4.98 Å². The Labute approximate surface area is 138 Å². The highest BCUT2D eigenvalue weighted by atomic mass is 32.1. The molecule has 0 spiro atoms. The van der Waals surface area contributed by atoms with Crippen LogP contribution in [0.25, 0.3) is 16.2 Å². The quantitative estimate of drug-likeness (QED) is 0.767. The molecule has 0 aliphatic heterocycles. The van der Waals surface area contributed by atoms with Crippen molar-refractivity contribution in [1.82, 2.24) is 9.38 Å². The van der Waals surface area contributed by atoms with Crippen LogP contribution < -0.4 is 4.74 Å². The Morgan fingerprint density at radius 3 is 2.83 bits per heavy atom. The molecule has 0 bridgehead atoms. The van der Waals surface area contributed by atoms with E-state index in [1.54, 1.807) is 11.5 Å². The molecular formula is C17H18N2O3S. The van der Waals surface area contributed by atoms with Crippen molar-refractivity contribution >= 4 is 22.3 Å². The molecule has 5 nitrogen and oxygen atoms in total. The number of nitrogens with zero attached hydrogens (tertiary/aromatic N) is 2. The number of ether oxygens (including phenoxy) is 1. The lowest BCUT2D eigenvalue weighted by molar-refractivity contribution is 0.0688. The molecular weight excluding hydrogens is 312 g/mol. The van der Waals surface area contributed by atoms with Gasteiger partial charge in [-0.15, -0.1) is 11.3 Å². The van der Waals surface area contributed by atoms with Gasteiger partial charge in [-0.3, -0.25) is 4.40 Å². The van der Waals surface area contributed by atoms with Crippen LogP contribution in [0.1, 0.15) is 35.1 Å². The third kappa shape index (κ3) is 2.59. The number of thiazole rings is 1. The first kappa shape index (κ1) is 15.6. The molecule has 0 amide bonds. The predicted octanol–water partition coefficient (Wildman–Crippen LogP) is 4.03. The first-order valence-electron chi connectivity index (χ1n) is 7.44. The van der Waals surface area contributed by atoms with Crippen molar-refractivity contribution in [2.75, 3.05) is 7.11 Å². The molecule has 3 rings (SSSR count). The van der Waals surface area contributed by atoms with E-state index in [1.807, 2.05) is 37.4 Å². The fourth-order valence-electron chi connectivity index (χ4n) is 2.77. The van der Waals surface area contributed by atoms with Gasteiger partial charge in [-0.2, -0.15) is 0 Å². The summed E-state index contributed by atoms with van der Waals surface area (Å²) in [6, 6.07) is 5.85. The fourth-order valence-corrected chi connectivity index (χ4v) is 3.69. The summed E-state index contributed by atoms with van der Waals surface area (Å²) in [6.07, 6.45) is 1.53. The number of carboxylic acid groups (broad SMARTS) is 1. The van der Waals surface area contributed by atoms with Crippen LogP contribution in [-0.2, 0) is 6.42 Å². The lowest BCUT2D eigenvalue weighted by Crippen LogP contribution is -2.06. The highest BCUT2D eigenvalue weighted by Gasteiger charge is 2.22. The van der Waals surface area contributed by atoms with Crippen molar-refractivity contribution in [1.29, 1.82) is 0 Å². The lowest BCUT2D eigenvalue weighted by Gasteiger charge is -2.08. The van der Waals surface area contributed by atoms with E-state index in [4.69, 9.17) is 4.74 Å². The number of benzene rings is 1. The zero-order valence-corrected chi connectivity index (χ0v) is 14.1. The average molecular weight is 330 g/mol. The Hall–Kier alpha value is -2.34. The number of fused-ring (bicyclic) bond motifs is 1. The first-order valence-corrected chi connectivity index (χ1v) is 8.31. The van der Waals surface area contributed by atoms with Crippen molar-refractivity contribution in [3.8, 4) is 17.0 Å². The molecule has 1 N–H and O–H groups in total. The Bertz CT molecular complexity index is 879. The highest BCUT2D eigenvalue weighted by Crippen LogP contribution is 2.32. The Morgan fingerprint density at radius 2 is 2.22 bits per heavy atom. The van der Waals surface area contributed by atoms with Crippen LogP contribution in [0.5, 0.6) is 5.75 Å². The van der Waals surface area contributed by atoms with Gasteiger partial charge in [0.25, 0.3) is 0 Å². The Morgan fingerprint density at radius 1 is 1.43 bits per heavy atom. The standard InChI is InChI=1S/C17H18N2O3S/c1-4-5-12-15(16(20)21)19-13(9-23-17(19)18-12)11-6-7-14(22-3)10(2)8-11/h6-9H,4-5H2,1-3H3,(H,20,21). The van der Waals surface area contributed by atoms with Crippen molar-refractivity contribution < 1.29 is 14.6 Å². The van der Waals surface area contributed by atoms with Crippen molar-refractivity contribution in [2.24, 2.45) is 0 Å². The van der Waals surface area contributed by atoms with E-state index < -0.39 is 5.97 Å². The van der Waals surface area contributed by atoms with Gasteiger partial charge in [-0.1, -0.05) is 13.3 Å². The average Bonchev–Trinajstić information content (AvgIpc) is 3.05. The molecule has 1 aromatic carbocycles. The number of aromatic nitrogens is 2. The van der Waals surface area contributed by atoms with Gasteiger partial charge in [0.05, 0.1) is 18.5 Å². The molecule has 0 aliphatic carbocycles. The minimum atomic E-state index is -0.939. The van der Waals surface area contributed by atoms with E-state index >= 15 is 0 Å². The van der Waals surface area contributed by atoms with Crippen molar-refractivity contribution in [2.45, 2.75) is 26.7 Å². The Balaban J connectivity index is 2.22. The Kier molecular flexibility index (Phi) is 4.09. The maximum Gasteiger partial charge on any atom is 0.354 e. The van der Waals surface area contributed by atoms with Gasteiger partial charge in [0.15, 0.2) is 10.7 Å². The second-order valence-corrected chi connectivity index (χ2v) is 6.22. The number of imidazole rings is 1. The van der Waals surface area contributed by atoms with Crippen molar-refractivity contribution in [3.63, 3.8) is 0 Å². The van der Waals surface area contributed by atoms with E-state index in [9.17, 15) is 9.90 Å². The normalized spacial score (nSPS) is 11.1. The number of carbonyl (C=O) groups is 1. The maximum atomic E-state index is 11.7. The molecule has 2 aromatic heterocycles. The van der Waals surface area contributed by atoms with E-state index in [1.165, 1.54) is 11.3 Å². The monoisotopic (exact) mass is 330 g/mol. The molecule has 0 atom stereocenters. The number of hydrogen-bond donors (Lipinski definition) is 1. The van der Waals surface area contributed by atoms with Gasteiger partial charge in [0.1, 0.15) is 5.75 Å². The van der Waals surface area contributed by atoms with Crippen molar-refractivity contribution in [3.05, 3.63) is 40.5 Å². The molecule has 0 radical (unpaired) electrons. The largest absolute Gasteiger partial charge is 0.496 e. The molecule has 0 saturated heterocycles. The smallest absolute Gasteiger partial charge is 0.354 e. The second-order valence-electron chi connectivity index (χ2n) is 5.39. The number of rotatable bonds is 5. The summed E-state index contributed by atoms with van der Waals surface area (Å²) in [5, 5.41) is 11.6. The van der Waals surface area contributed by atoms with Crippen LogP contribution in [-0.4, -0.2) is 27.6 Å². The molecule has 2 heterocycles. The van der Waals surface area contributed by atoms with Gasteiger partial charge >= 0.3 is 5.97 Å². The first-order chi connectivity index (χ1) is 11.1. The lowest BCUT2D eigenvalue weighted by atomic mass is 10.1. The van der Waals surface area contributed by atoms with Crippen LogP contribution >= 0.6 is 11.3 Å². The zero-order chi connectivity index (χ0) is 16.6. The summed E-state index contributed by atoms with van der Waals surface area (Å²) in [5.41, 5.74) is 3.74. The van der Waals surface area contributed by atoms with Gasteiger partial charge in [-0.05, 0) is 42.7 Å². The summed E-state index contributed by atoms with van der Waals surface area (Å²) in [6.45, 7) is 3.99. The third-order valence-corrected chi connectivity index (χ3v) is 4.64. The van der Waals surface area contributed by atoms with Crippen LogP contribution in [0.4, 0.5) is 0 Å². The third-order valence-electron chi connectivity index (χ3n) is 3.82. The molecule has 0 unspecified atom stereocenters. The number of methoxy groups -OCH3 is 1. The number of hydrogen-bond acceptors (Lipinski definition) is 4. The number of aromatic carboxylic acids is 1. The number of aryl methyl sites for hydroxylation is 2. The molecule has 6 heteroatoms. The summed E-state index contributed by atoms with van der Waals surface area (Å²) in [5.74, 6) is -0.123. The summed E-state index contributed by atoms with van der Waals surface area (Å²) in [4.78, 5) is 17.0. The summed E-state index contributed by atoms with van der Waals surface area (Å²) >= 11 is 1.46. The molecule has 0 aliphatic rings. The molecule has 3 aromatic rings. The summed E-state index contributed by atoms with van der Waals surface area (Å²) in [7, 11) is 1.64. The summed E-state index contributed by atoms with van der Waals surface area (Å²) < 4.78 is 7.04. The zero-order valence-electron chi connectivity index (χ0n) is 13.3. The highest BCUT2D eigenvalue weighted by molar-refractivity contribution is 7.15. The van der Waals surface area contributed by atoms with E-state index in [0.717, 1.165) is 29.0 Å². The molecule has 23 heavy (non-hydrogen) atoms. The molecule has 0 saturated carbocycles. The van der Waals surface area contributed by atoms with Gasteiger partial charge < -0.3 is 9.84 Å². The molecule has 0 fully saturated rings.